The van der Waals surface area contributed by atoms with Gasteiger partial charge in [0.25, 0.3) is 0 Å². The highest BCUT2D eigenvalue weighted by atomic mass is 35.5. The quantitative estimate of drug-likeness (QED) is 0.803. The zero-order valence-electron chi connectivity index (χ0n) is 8.57. The Morgan fingerprint density at radius 2 is 2.06 bits per heavy atom. The number of alkyl halides is 3. The van der Waals surface area contributed by atoms with Crippen molar-refractivity contribution in [3.05, 3.63) is 34.9 Å². The highest BCUT2D eigenvalue weighted by molar-refractivity contribution is 7.50. The fraction of sp³-hybridized carbons (Fsp3) is 0.333. The summed E-state index contributed by atoms with van der Waals surface area (Å²) in [5.74, 6) is 0. The van der Waals surface area contributed by atoms with Crippen LogP contribution in [0.15, 0.2) is 24.3 Å². The average molecular weight is 288 g/mol. The van der Waals surface area contributed by atoms with Crippen LogP contribution in [0.3, 0.4) is 0 Å². The first-order valence-corrected chi connectivity index (χ1v) is 6.75. The molecule has 1 aromatic carbocycles. The van der Waals surface area contributed by atoms with E-state index in [4.69, 9.17) is 11.6 Å². The van der Waals surface area contributed by atoms with Crippen LogP contribution in [0.4, 0.5) is 13.2 Å². The van der Waals surface area contributed by atoms with Gasteiger partial charge in [-0.05, 0) is 17.7 Å². The van der Waals surface area contributed by atoms with Crippen molar-refractivity contribution in [3.8, 4) is 0 Å². The first kappa shape index (κ1) is 14.5. The Hall–Kier alpha value is -0.550. The van der Waals surface area contributed by atoms with Gasteiger partial charge < -0.3 is 14.0 Å². The Kier molecular flexibility index (Phi) is 4.25. The molecule has 0 aliphatic carbocycles. The van der Waals surface area contributed by atoms with E-state index in [2.05, 4.69) is 4.52 Å². The van der Waals surface area contributed by atoms with Crippen LogP contribution in [0.5, 0.6) is 0 Å². The minimum atomic E-state index is -4.83. The van der Waals surface area contributed by atoms with E-state index in [1.54, 1.807) is 0 Å². The average Bonchev–Trinajstić information content (AvgIpc) is 2.11. The fourth-order valence-corrected chi connectivity index (χ4v) is 1.99. The van der Waals surface area contributed by atoms with Gasteiger partial charge in [-0.25, -0.2) is 0 Å². The second-order valence-corrected chi connectivity index (χ2v) is 5.54. The van der Waals surface area contributed by atoms with Gasteiger partial charge in [0, 0.05) is 11.7 Å². The molecule has 0 aromatic heterocycles. The summed E-state index contributed by atoms with van der Waals surface area (Å²) in [6.45, 7) is 0.580. The van der Waals surface area contributed by atoms with Gasteiger partial charge in [-0.15, -0.1) is 0 Å². The SMILES string of the molecule is CP(=O)([O-])OC(c1cccc(Cl)c1)C(F)(F)F. The molecular formula is C9H8ClF3O3P-. The Morgan fingerprint density at radius 1 is 1.47 bits per heavy atom. The molecule has 0 radical (unpaired) electrons. The standard InChI is InChI=1S/C9H9ClF3O3P/c1-17(14,15)16-8(9(11,12)13)6-3-2-4-7(10)5-6/h2-5,8H,1H3,(H,14,15)/p-1. The summed E-state index contributed by atoms with van der Waals surface area (Å²) < 4.78 is 52.8. The van der Waals surface area contributed by atoms with Gasteiger partial charge in [-0.3, -0.25) is 0 Å². The second kappa shape index (κ2) is 4.98. The molecule has 0 heterocycles. The lowest BCUT2D eigenvalue weighted by molar-refractivity contribution is -0.239. The third-order valence-corrected chi connectivity index (χ3v) is 2.57. The van der Waals surface area contributed by atoms with Gasteiger partial charge in [0.2, 0.25) is 0 Å². The summed E-state index contributed by atoms with van der Waals surface area (Å²) in [5.41, 5.74) is -0.358. The van der Waals surface area contributed by atoms with Crippen molar-refractivity contribution >= 4 is 19.2 Å². The van der Waals surface area contributed by atoms with Crippen molar-refractivity contribution in [2.24, 2.45) is 0 Å². The van der Waals surface area contributed by atoms with Crippen molar-refractivity contribution in [3.63, 3.8) is 0 Å². The van der Waals surface area contributed by atoms with Crippen LogP contribution in [0.25, 0.3) is 0 Å². The summed E-state index contributed by atoms with van der Waals surface area (Å²) in [5, 5.41) is 0.0668. The van der Waals surface area contributed by atoms with E-state index < -0.39 is 19.9 Å². The van der Waals surface area contributed by atoms with Crippen LogP contribution < -0.4 is 4.89 Å². The highest BCUT2D eigenvalue weighted by Crippen LogP contribution is 2.46. The predicted octanol–water partition coefficient (Wildman–Crippen LogP) is 3.14. The highest BCUT2D eigenvalue weighted by Gasteiger charge is 2.43. The summed E-state index contributed by atoms with van der Waals surface area (Å²) in [7, 11) is -4.51. The fourth-order valence-electron chi connectivity index (χ4n) is 1.17. The molecule has 0 saturated heterocycles. The molecule has 1 rings (SSSR count). The second-order valence-electron chi connectivity index (χ2n) is 3.35. The third kappa shape index (κ3) is 4.68. The van der Waals surface area contributed by atoms with Gasteiger partial charge in [-0.1, -0.05) is 23.7 Å². The van der Waals surface area contributed by atoms with Crippen molar-refractivity contribution in [2.45, 2.75) is 12.3 Å². The Balaban J connectivity index is 3.12. The molecule has 0 N–H and O–H groups in total. The van der Waals surface area contributed by atoms with Gasteiger partial charge in [-0.2, -0.15) is 13.2 Å². The van der Waals surface area contributed by atoms with Crippen molar-refractivity contribution in [1.29, 1.82) is 0 Å². The lowest BCUT2D eigenvalue weighted by Gasteiger charge is -2.27. The largest absolute Gasteiger partial charge is 0.779 e. The van der Waals surface area contributed by atoms with E-state index >= 15 is 0 Å². The molecule has 0 fully saturated rings. The topological polar surface area (TPSA) is 49.4 Å². The van der Waals surface area contributed by atoms with Crippen molar-refractivity contribution in [1.82, 2.24) is 0 Å². The first-order chi connectivity index (χ1) is 7.59. The number of halogens is 4. The molecule has 3 nitrogen and oxygen atoms in total. The van der Waals surface area contributed by atoms with Gasteiger partial charge in [0.05, 0.1) is 0 Å². The van der Waals surface area contributed by atoms with E-state index in [-0.39, 0.29) is 10.6 Å². The molecule has 17 heavy (non-hydrogen) atoms. The smallest absolute Gasteiger partial charge is 0.419 e. The molecule has 0 bridgehead atoms. The minimum absolute atomic E-state index is 0.0668. The number of benzene rings is 1. The Morgan fingerprint density at radius 3 is 2.47 bits per heavy atom. The summed E-state index contributed by atoms with van der Waals surface area (Å²) in [6, 6.07) is 4.77. The number of hydrogen-bond donors (Lipinski definition) is 0. The summed E-state index contributed by atoms with van der Waals surface area (Å²) >= 11 is 5.54. The molecule has 0 spiro atoms. The van der Waals surface area contributed by atoms with E-state index in [1.807, 2.05) is 0 Å². The van der Waals surface area contributed by atoms with Gasteiger partial charge >= 0.3 is 6.18 Å². The van der Waals surface area contributed by atoms with E-state index in [9.17, 15) is 22.6 Å². The van der Waals surface area contributed by atoms with Crippen LogP contribution >= 0.6 is 19.2 Å². The molecular weight excluding hydrogens is 280 g/mol. The normalized spacial score (nSPS) is 17.5. The van der Waals surface area contributed by atoms with Crippen LogP contribution in [0, 0.1) is 0 Å². The maximum atomic E-state index is 12.6. The van der Waals surface area contributed by atoms with Crippen LogP contribution in [-0.2, 0) is 9.09 Å². The number of rotatable bonds is 3. The minimum Gasteiger partial charge on any atom is -0.779 e. The van der Waals surface area contributed by atoms with Crippen molar-refractivity contribution in [2.75, 3.05) is 6.66 Å². The van der Waals surface area contributed by atoms with E-state index in [0.717, 1.165) is 12.1 Å². The summed E-state index contributed by atoms with van der Waals surface area (Å²) in [4.78, 5) is 10.8. The zero-order chi connectivity index (χ0) is 13.3. The molecule has 0 saturated carbocycles. The Labute approximate surface area is 101 Å². The lowest BCUT2D eigenvalue weighted by atomic mass is 10.1. The maximum Gasteiger partial charge on any atom is 0.419 e. The monoisotopic (exact) mass is 287 g/mol. The van der Waals surface area contributed by atoms with E-state index in [1.165, 1.54) is 12.1 Å². The molecule has 2 unspecified atom stereocenters. The molecule has 1 aromatic rings. The molecule has 8 heteroatoms. The molecule has 96 valence electrons. The molecule has 0 amide bonds. The lowest BCUT2D eigenvalue weighted by Crippen LogP contribution is -2.24. The van der Waals surface area contributed by atoms with Crippen LogP contribution in [0.2, 0.25) is 5.02 Å². The summed E-state index contributed by atoms with van der Waals surface area (Å²) in [6.07, 6.45) is -7.37. The third-order valence-electron chi connectivity index (χ3n) is 1.75. The first-order valence-electron chi connectivity index (χ1n) is 4.39. The molecule has 0 aliphatic heterocycles. The van der Waals surface area contributed by atoms with E-state index in [0.29, 0.717) is 6.66 Å². The Bertz CT molecular complexity index is 443. The van der Waals surface area contributed by atoms with Gasteiger partial charge in [0.1, 0.15) is 7.60 Å². The van der Waals surface area contributed by atoms with Gasteiger partial charge in [0.15, 0.2) is 6.10 Å². The van der Waals surface area contributed by atoms with Crippen molar-refractivity contribution < 1.29 is 27.2 Å². The zero-order valence-corrected chi connectivity index (χ0v) is 10.2. The van der Waals surface area contributed by atoms with Crippen LogP contribution in [0.1, 0.15) is 11.7 Å². The van der Waals surface area contributed by atoms with Crippen LogP contribution in [-0.4, -0.2) is 12.8 Å². The number of hydrogen-bond acceptors (Lipinski definition) is 3. The predicted molar refractivity (Wildman–Crippen MR) is 54.9 cm³/mol. The molecule has 2 atom stereocenters. The maximum absolute atomic E-state index is 12.6. The molecule has 0 aliphatic rings.